The van der Waals surface area contributed by atoms with Gasteiger partial charge in [0.25, 0.3) is 0 Å². The van der Waals surface area contributed by atoms with Crippen LogP contribution in [0.5, 0.6) is 0 Å². The molecule has 7 heteroatoms. The van der Waals surface area contributed by atoms with Crippen LogP contribution in [-0.4, -0.2) is 27.7 Å². The zero-order chi connectivity index (χ0) is 13.4. The van der Waals surface area contributed by atoms with Gasteiger partial charge in [-0.2, -0.15) is 0 Å². The van der Waals surface area contributed by atoms with Gasteiger partial charge in [0.1, 0.15) is 4.64 Å². The van der Waals surface area contributed by atoms with Gasteiger partial charge in [-0.15, -0.1) is 10.6 Å². The van der Waals surface area contributed by atoms with E-state index >= 15 is 0 Å². The molecule has 2 heterocycles. The summed E-state index contributed by atoms with van der Waals surface area (Å²) in [6.07, 6.45) is 1.86. The second kappa shape index (κ2) is 4.52. The first kappa shape index (κ1) is 11.9. The number of hydrazine groups is 2. The number of aromatic amines is 1. The molecule has 6 nitrogen and oxygen atoms in total. The molecule has 0 atom stereocenters. The highest BCUT2D eigenvalue weighted by Crippen LogP contribution is 2.16. The van der Waals surface area contributed by atoms with Crippen LogP contribution < -0.4 is 11.1 Å². The largest absolute Gasteiger partial charge is 0.299 e. The third kappa shape index (κ3) is 1.92. The van der Waals surface area contributed by atoms with Crippen LogP contribution in [-0.2, 0) is 0 Å². The van der Waals surface area contributed by atoms with E-state index in [9.17, 15) is 0 Å². The monoisotopic (exact) mass is 274 g/mol. The number of hydrogen-bond acceptors (Lipinski definition) is 5. The number of aromatic nitrogens is 2. The topological polar surface area (TPSA) is 60.4 Å². The molecular weight excluding hydrogens is 260 g/mol. The van der Waals surface area contributed by atoms with E-state index in [-0.39, 0.29) is 0 Å². The van der Waals surface area contributed by atoms with E-state index in [1.165, 1.54) is 0 Å². The van der Waals surface area contributed by atoms with Gasteiger partial charge in [-0.3, -0.25) is 10.1 Å². The van der Waals surface area contributed by atoms with Gasteiger partial charge in [-0.1, -0.05) is 30.4 Å². The summed E-state index contributed by atoms with van der Waals surface area (Å²) < 4.78 is 2.58. The van der Waals surface area contributed by atoms with Crippen molar-refractivity contribution in [1.82, 2.24) is 25.9 Å². The number of rotatable bonds is 2. The zero-order valence-corrected chi connectivity index (χ0v) is 11.5. The molecule has 0 bridgehead atoms. The summed E-state index contributed by atoms with van der Waals surface area (Å²) in [6.45, 7) is 2.06. The first-order valence-corrected chi connectivity index (χ1v) is 6.28. The molecule has 0 spiro atoms. The van der Waals surface area contributed by atoms with Crippen LogP contribution in [0.2, 0.25) is 0 Å². The molecule has 0 fully saturated rings. The Morgan fingerprint density at radius 1 is 1.26 bits per heavy atom. The highest BCUT2D eigenvalue weighted by Gasteiger charge is 2.18. The van der Waals surface area contributed by atoms with Crippen LogP contribution in [0.15, 0.2) is 35.6 Å². The molecule has 1 aromatic carbocycles. The average molecular weight is 274 g/mol. The molecule has 2 aromatic rings. The lowest BCUT2D eigenvalue weighted by molar-refractivity contribution is 0.349. The van der Waals surface area contributed by atoms with Crippen LogP contribution in [0.3, 0.4) is 0 Å². The summed E-state index contributed by atoms with van der Waals surface area (Å²) in [7, 11) is 1.87. The maximum atomic E-state index is 5.53. The molecule has 0 saturated carbocycles. The van der Waals surface area contributed by atoms with Crippen molar-refractivity contribution < 1.29 is 0 Å². The van der Waals surface area contributed by atoms with Crippen molar-refractivity contribution >= 4 is 18.1 Å². The van der Waals surface area contributed by atoms with E-state index in [2.05, 4.69) is 34.3 Å². The number of amidine groups is 1. The molecule has 1 aliphatic rings. The highest BCUT2D eigenvalue weighted by atomic mass is 32.1. The van der Waals surface area contributed by atoms with E-state index < -0.39 is 0 Å². The van der Waals surface area contributed by atoms with Gasteiger partial charge in [0.2, 0.25) is 0 Å². The van der Waals surface area contributed by atoms with Crippen LogP contribution >= 0.6 is 12.2 Å². The summed E-state index contributed by atoms with van der Waals surface area (Å²) in [5.74, 6) is 0.758. The van der Waals surface area contributed by atoms with Gasteiger partial charge in [0, 0.05) is 13.2 Å². The number of nitrogens with zero attached hydrogens (tertiary/aromatic N) is 3. The number of nitrogens with one attached hydrogen (secondary N) is 3. The fourth-order valence-electron chi connectivity index (χ4n) is 2.05. The Hall–Kier alpha value is -2.12. The van der Waals surface area contributed by atoms with Gasteiger partial charge in [0.15, 0.2) is 5.84 Å². The van der Waals surface area contributed by atoms with Gasteiger partial charge in [0.05, 0.1) is 11.3 Å². The lowest BCUT2D eigenvalue weighted by Gasteiger charge is -2.10. The summed E-state index contributed by atoms with van der Waals surface area (Å²) in [4.78, 5) is 0. The van der Waals surface area contributed by atoms with Gasteiger partial charge < -0.3 is 0 Å². The minimum atomic E-state index is 0.699. The van der Waals surface area contributed by atoms with Crippen LogP contribution in [0.4, 0.5) is 0 Å². The molecule has 0 unspecified atom stereocenters. The summed E-state index contributed by atoms with van der Waals surface area (Å²) >= 11 is 5.53. The van der Waals surface area contributed by atoms with Crippen molar-refractivity contribution in [2.45, 2.75) is 6.92 Å². The number of benzene rings is 1. The Bertz CT molecular complexity index is 698. The first-order chi connectivity index (χ1) is 9.18. The third-order valence-corrected chi connectivity index (χ3v) is 3.47. The lowest BCUT2D eigenvalue weighted by Crippen LogP contribution is -2.37. The summed E-state index contributed by atoms with van der Waals surface area (Å²) in [5.41, 5.74) is 8.64. The average Bonchev–Trinajstić information content (AvgIpc) is 2.96. The summed E-state index contributed by atoms with van der Waals surface area (Å²) in [6, 6.07) is 8.09. The minimum Gasteiger partial charge on any atom is -0.299 e. The third-order valence-electron chi connectivity index (χ3n) is 3.07. The molecule has 3 N–H and O–H groups in total. The number of hydrazone groups is 1. The van der Waals surface area contributed by atoms with Crippen LogP contribution in [0.1, 0.15) is 11.1 Å². The van der Waals surface area contributed by atoms with Crippen molar-refractivity contribution in [2.24, 2.45) is 5.10 Å². The van der Waals surface area contributed by atoms with Crippen molar-refractivity contribution in [3.8, 4) is 5.69 Å². The van der Waals surface area contributed by atoms with Crippen LogP contribution in [0.25, 0.3) is 5.69 Å². The fraction of sp³-hybridized carbons (Fsp3) is 0.167. The van der Waals surface area contributed by atoms with Crippen molar-refractivity contribution in [3.05, 3.63) is 46.2 Å². The molecule has 1 aromatic heterocycles. The Morgan fingerprint density at radius 2 is 2.05 bits per heavy atom. The Labute approximate surface area is 115 Å². The second-order valence-corrected chi connectivity index (χ2v) is 4.72. The molecular formula is C12H14N6S. The predicted octanol–water partition coefficient (Wildman–Crippen LogP) is 1.46. The first-order valence-electron chi connectivity index (χ1n) is 5.87. The molecule has 3 rings (SSSR count). The minimum absolute atomic E-state index is 0.699. The maximum Gasteiger partial charge on any atom is 0.177 e. The maximum absolute atomic E-state index is 5.53. The van der Waals surface area contributed by atoms with E-state index in [1.807, 2.05) is 36.1 Å². The van der Waals surface area contributed by atoms with E-state index in [0.717, 1.165) is 22.6 Å². The molecule has 1 aliphatic heterocycles. The Morgan fingerprint density at radius 3 is 2.74 bits per heavy atom. The fourth-order valence-corrected chi connectivity index (χ4v) is 2.35. The summed E-state index contributed by atoms with van der Waals surface area (Å²) in [5, 5.41) is 9.12. The van der Waals surface area contributed by atoms with Crippen molar-refractivity contribution in [1.29, 1.82) is 0 Å². The Kier molecular flexibility index (Phi) is 2.84. The smallest absolute Gasteiger partial charge is 0.177 e. The van der Waals surface area contributed by atoms with E-state index in [4.69, 9.17) is 12.2 Å². The standard InChI is InChI=1S/C12H14N6S/c1-8-5-3-4-6-10(8)18-12(19)9(7-13-18)11-14-15-16-17(11)2/h3-7,13,15-16H,1-2H3. The normalized spacial score (nSPS) is 14.4. The number of H-pyrrole nitrogens is 1. The van der Waals surface area contributed by atoms with E-state index in [0.29, 0.717) is 4.64 Å². The van der Waals surface area contributed by atoms with Crippen molar-refractivity contribution in [2.75, 3.05) is 7.05 Å². The lowest BCUT2D eigenvalue weighted by atomic mass is 10.2. The van der Waals surface area contributed by atoms with Crippen molar-refractivity contribution in [3.63, 3.8) is 0 Å². The predicted molar refractivity (Wildman–Crippen MR) is 76.3 cm³/mol. The molecule has 98 valence electrons. The highest BCUT2D eigenvalue weighted by molar-refractivity contribution is 7.71. The number of hydrogen-bond donors (Lipinski definition) is 3. The molecule has 0 amide bonds. The number of para-hydroxylation sites is 1. The Balaban J connectivity index is 2.10. The molecule has 0 saturated heterocycles. The molecule has 19 heavy (non-hydrogen) atoms. The SMILES string of the molecule is Cc1ccccc1-n1[nH]cc(C2=NNNN2C)c1=S. The molecule has 0 radical (unpaired) electrons. The molecule has 0 aliphatic carbocycles. The second-order valence-electron chi connectivity index (χ2n) is 4.33. The van der Waals surface area contributed by atoms with E-state index in [1.54, 1.807) is 5.01 Å². The quantitative estimate of drug-likeness (QED) is 0.726. The van der Waals surface area contributed by atoms with Gasteiger partial charge >= 0.3 is 0 Å². The number of aryl methyl sites for hydroxylation is 1. The van der Waals surface area contributed by atoms with Crippen LogP contribution in [0, 0.1) is 11.6 Å². The zero-order valence-electron chi connectivity index (χ0n) is 10.6. The van der Waals surface area contributed by atoms with Gasteiger partial charge in [-0.25, -0.2) is 10.2 Å². The van der Waals surface area contributed by atoms with Gasteiger partial charge in [-0.05, 0) is 18.6 Å².